The fourth-order valence-corrected chi connectivity index (χ4v) is 1.45. The third kappa shape index (κ3) is 6.18. The fourth-order valence-electron chi connectivity index (χ4n) is 1.45. The van der Waals surface area contributed by atoms with Crippen molar-refractivity contribution in [3.8, 4) is 5.75 Å². The van der Waals surface area contributed by atoms with Gasteiger partial charge in [0.25, 0.3) is 0 Å². The predicted octanol–water partition coefficient (Wildman–Crippen LogP) is 0.860. The Morgan fingerprint density at radius 2 is 2.00 bits per heavy atom. The first-order chi connectivity index (χ1) is 9.06. The number of hydrogen-bond acceptors (Lipinski definition) is 5. The van der Waals surface area contributed by atoms with E-state index in [1.54, 1.807) is 24.3 Å². The number of rotatable bonds is 7. The Morgan fingerprint density at radius 3 is 2.50 bits per heavy atom. The maximum Gasteiger partial charge on any atom is 0.322 e. The summed E-state index contributed by atoms with van der Waals surface area (Å²) in [5, 5.41) is 9.01. The Kier molecular flexibility index (Phi) is 8.87. The quantitative estimate of drug-likeness (QED) is 0.730. The van der Waals surface area contributed by atoms with Crippen LogP contribution in [-0.2, 0) is 16.0 Å². The van der Waals surface area contributed by atoms with E-state index in [9.17, 15) is 9.18 Å². The molecule has 1 rings (SSSR count). The molecule has 1 aromatic carbocycles. The number of esters is 1. The van der Waals surface area contributed by atoms with Crippen LogP contribution < -0.4 is 10.5 Å². The smallest absolute Gasteiger partial charge is 0.322 e. The van der Waals surface area contributed by atoms with Crippen LogP contribution in [0, 0.1) is 0 Å². The minimum Gasteiger partial charge on any atom is -0.491 e. The number of ether oxygens (including phenoxy) is 2. The van der Waals surface area contributed by atoms with Crippen molar-refractivity contribution < 1.29 is 23.8 Å². The Hall–Kier alpha value is -1.37. The van der Waals surface area contributed by atoms with E-state index in [-0.39, 0.29) is 19.0 Å². The van der Waals surface area contributed by atoms with Crippen LogP contribution in [0.1, 0.15) is 5.56 Å². The number of hydrogen-bond donors (Lipinski definition) is 2. The maximum atomic E-state index is 12.0. The number of alkyl halides is 1. The zero-order valence-electron chi connectivity index (χ0n) is 11.1. The van der Waals surface area contributed by atoms with E-state index in [0.29, 0.717) is 12.2 Å². The van der Waals surface area contributed by atoms with Gasteiger partial charge in [-0.3, -0.25) is 4.79 Å². The normalized spacial score (nSPS) is 13.0. The molecule has 1 unspecified atom stereocenters. The van der Waals surface area contributed by atoms with Crippen LogP contribution in [0.5, 0.6) is 5.75 Å². The molecule has 0 amide bonds. The number of carbonyl (C=O) groups is 1. The van der Waals surface area contributed by atoms with Gasteiger partial charge < -0.3 is 20.3 Å². The van der Waals surface area contributed by atoms with E-state index in [1.807, 2.05) is 0 Å². The van der Waals surface area contributed by atoms with Crippen LogP contribution in [0.15, 0.2) is 24.3 Å². The zero-order chi connectivity index (χ0) is 14.3. The standard InChI is InChI=1S/C13H18FNO4.ClH/c1-18-13(17)12(15)6-9-2-4-11(5-3-9)19-8-10(16)7-14;/h2-5,10,12,16H,6-8,15H2,1H3;1H/t10?,12-;/m0./s1. The first kappa shape index (κ1) is 18.6. The Morgan fingerprint density at radius 1 is 1.40 bits per heavy atom. The summed E-state index contributed by atoms with van der Waals surface area (Å²) in [5.41, 5.74) is 6.49. The number of halogens is 2. The van der Waals surface area contributed by atoms with Gasteiger partial charge in [-0.15, -0.1) is 12.4 Å². The second-order valence-corrected chi connectivity index (χ2v) is 4.10. The molecule has 2 atom stereocenters. The molecule has 1 aromatic rings. The van der Waals surface area contributed by atoms with Gasteiger partial charge in [0.05, 0.1) is 7.11 Å². The monoisotopic (exact) mass is 307 g/mol. The van der Waals surface area contributed by atoms with Crippen molar-refractivity contribution >= 4 is 18.4 Å². The molecule has 7 heteroatoms. The summed E-state index contributed by atoms with van der Waals surface area (Å²) in [5.74, 6) is 0.0503. The summed E-state index contributed by atoms with van der Waals surface area (Å²) in [7, 11) is 1.29. The average molecular weight is 308 g/mol. The summed E-state index contributed by atoms with van der Waals surface area (Å²) in [6.07, 6.45) is -0.757. The van der Waals surface area contributed by atoms with Gasteiger partial charge in [0.15, 0.2) is 0 Å². The van der Waals surface area contributed by atoms with Crippen LogP contribution in [0.3, 0.4) is 0 Å². The average Bonchev–Trinajstić information content (AvgIpc) is 2.45. The van der Waals surface area contributed by atoms with Gasteiger partial charge in [0, 0.05) is 0 Å². The fraction of sp³-hybridized carbons (Fsp3) is 0.462. The third-order valence-electron chi connectivity index (χ3n) is 2.50. The molecule has 0 aliphatic carbocycles. The highest BCUT2D eigenvalue weighted by atomic mass is 35.5. The van der Waals surface area contributed by atoms with Crippen molar-refractivity contribution in [1.29, 1.82) is 0 Å². The van der Waals surface area contributed by atoms with Crippen molar-refractivity contribution in [2.45, 2.75) is 18.6 Å². The number of methoxy groups -OCH3 is 1. The minimum atomic E-state index is -1.12. The van der Waals surface area contributed by atoms with Crippen LogP contribution in [0.4, 0.5) is 4.39 Å². The highest BCUT2D eigenvalue weighted by Gasteiger charge is 2.14. The summed E-state index contributed by atoms with van der Waals surface area (Å²) in [6.45, 7) is -0.941. The molecule has 0 heterocycles. The molecule has 114 valence electrons. The largest absolute Gasteiger partial charge is 0.491 e. The molecule has 0 bridgehead atoms. The lowest BCUT2D eigenvalue weighted by Crippen LogP contribution is -2.33. The zero-order valence-corrected chi connectivity index (χ0v) is 11.9. The van der Waals surface area contributed by atoms with Crippen LogP contribution in [0.25, 0.3) is 0 Å². The molecular weight excluding hydrogens is 289 g/mol. The second kappa shape index (κ2) is 9.52. The Bertz CT molecular complexity index is 402. The van der Waals surface area contributed by atoms with Crippen molar-refractivity contribution in [2.75, 3.05) is 20.4 Å². The van der Waals surface area contributed by atoms with Gasteiger partial charge in [0.2, 0.25) is 0 Å². The molecule has 0 saturated carbocycles. The SMILES string of the molecule is COC(=O)[C@@H](N)Cc1ccc(OCC(O)CF)cc1.Cl. The Balaban J connectivity index is 0.00000361. The lowest BCUT2D eigenvalue weighted by molar-refractivity contribution is -0.142. The predicted molar refractivity (Wildman–Crippen MR) is 74.9 cm³/mol. The van der Waals surface area contributed by atoms with Crippen LogP contribution >= 0.6 is 12.4 Å². The van der Waals surface area contributed by atoms with Gasteiger partial charge in [-0.05, 0) is 24.1 Å². The van der Waals surface area contributed by atoms with E-state index in [1.165, 1.54) is 7.11 Å². The lowest BCUT2D eigenvalue weighted by Gasteiger charge is -2.11. The maximum absolute atomic E-state index is 12.0. The van der Waals surface area contributed by atoms with E-state index in [2.05, 4.69) is 4.74 Å². The van der Waals surface area contributed by atoms with Gasteiger partial charge in [-0.1, -0.05) is 12.1 Å². The molecule has 0 saturated heterocycles. The van der Waals surface area contributed by atoms with Crippen molar-refractivity contribution in [2.24, 2.45) is 5.73 Å². The van der Waals surface area contributed by atoms with Crippen LogP contribution in [-0.4, -0.2) is 43.6 Å². The molecule has 0 aliphatic rings. The highest BCUT2D eigenvalue weighted by molar-refractivity contribution is 5.85. The highest BCUT2D eigenvalue weighted by Crippen LogP contribution is 2.13. The van der Waals surface area contributed by atoms with E-state index in [0.717, 1.165) is 5.56 Å². The molecular formula is C13H19ClFNO4. The number of aliphatic hydroxyl groups is 1. The molecule has 5 nitrogen and oxygen atoms in total. The first-order valence-electron chi connectivity index (χ1n) is 5.86. The molecule has 0 aromatic heterocycles. The summed E-state index contributed by atoms with van der Waals surface area (Å²) in [4.78, 5) is 11.2. The molecule has 3 N–H and O–H groups in total. The van der Waals surface area contributed by atoms with Gasteiger partial charge in [-0.25, -0.2) is 4.39 Å². The topological polar surface area (TPSA) is 81.8 Å². The number of benzene rings is 1. The minimum absolute atomic E-state index is 0. The second-order valence-electron chi connectivity index (χ2n) is 4.10. The van der Waals surface area contributed by atoms with Gasteiger partial charge in [0.1, 0.15) is 31.2 Å². The Labute approximate surface area is 123 Å². The molecule has 0 aliphatic heterocycles. The summed E-state index contributed by atoms with van der Waals surface area (Å²) in [6, 6.07) is 6.14. The first-order valence-corrected chi connectivity index (χ1v) is 5.86. The lowest BCUT2D eigenvalue weighted by atomic mass is 10.1. The van der Waals surface area contributed by atoms with Crippen molar-refractivity contribution in [1.82, 2.24) is 0 Å². The number of nitrogens with two attached hydrogens (primary N) is 1. The van der Waals surface area contributed by atoms with E-state index >= 15 is 0 Å². The van der Waals surface area contributed by atoms with Crippen molar-refractivity contribution in [3.63, 3.8) is 0 Å². The molecule has 0 radical (unpaired) electrons. The van der Waals surface area contributed by atoms with E-state index < -0.39 is 24.8 Å². The van der Waals surface area contributed by atoms with Gasteiger partial charge in [-0.2, -0.15) is 0 Å². The molecule has 20 heavy (non-hydrogen) atoms. The van der Waals surface area contributed by atoms with E-state index in [4.69, 9.17) is 15.6 Å². The van der Waals surface area contributed by atoms with Crippen molar-refractivity contribution in [3.05, 3.63) is 29.8 Å². The molecule has 0 fully saturated rings. The van der Waals surface area contributed by atoms with Crippen LogP contribution in [0.2, 0.25) is 0 Å². The number of carbonyl (C=O) groups excluding carboxylic acids is 1. The summed E-state index contributed by atoms with van der Waals surface area (Å²) < 4.78 is 21.7. The summed E-state index contributed by atoms with van der Waals surface area (Å²) >= 11 is 0. The number of aliphatic hydroxyl groups excluding tert-OH is 1. The molecule has 0 spiro atoms. The van der Waals surface area contributed by atoms with Gasteiger partial charge >= 0.3 is 5.97 Å². The third-order valence-corrected chi connectivity index (χ3v) is 2.50.